The van der Waals surface area contributed by atoms with E-state index in [1.54, 1.807) is 0 Å². The highest BCUT2D eigenvalue weighted by molar-refractivity contribution is 4.62. The van der Waals surface area contributed by atoms with Crippen molar-refractivity contribution in [2.24, 2.45) is 5.92 Å². The summed E-state index contributed by atoms with van der Waals surface area (Å²) < 4.78 is 10.8. The summed E-state index contributed by atoms with van der Waals surface area (Å²) in [6.07, 6.45) is 3.93. The number of rotatable bonds is 5. The quantitative estimate of drug-likeness (QED) is 0.592. The van der Waals surface area contributed by atoms with Crippen LogP contribution in [-0.4, -0.2) is 25.9 Å². The molecule has 0 aliphatic carbocycles. The maximum atomic E-state index is 5.63. The monoisotopic (exact) mass is 172 g/mol. The minimum atomic E-state index is 0.386. The largest absolute Gasteiger partial charge is 0.379 e. The van der Waals surface area contributed by atoms with Gasteiger partial charge < -0.3 is 9.47 Å². The maximum Gasteiger partial charge on any atom is 0.0830 e. The second-order valence-electron chi connectivity index (χ2n) is 3.89. The molecule has 1 rings (SSSR count). The van der Waals surface area contributed by atoms with Crippen LogP contribution in [0.15, 0.2) is 0 Å². The van der Waals surface area contributed by atoms with E-state index in [-0.39, 0.29) is 0 Å². The Balaban J connectivity index is 1.88. The molecule has 0 N–H and O–H groups in total. The standard InChI is InChI=1S/C10H20O2/c1-9(2)4-3-6-12-10-5-7-11-8-10/h9-10H,3-8H2,1-2H3. The topological polar surface area (TPSA) is 18.5 Å². The van der Waals surface area contributed by atoms with Gasteiger partial charge in [-0.3, -0.25) is 0 Å². The van der Waals surface area contributed by atoms with Gasteiger partial charge in [0.05, 0.1) is 12.7 Å². The first-order valence-corrected chi connectivity index (χ1v) is 4.98. The van der Waals surface area contributed by atoms with Crippen LogP contribution in [0, 0.1) is 5.92 Å². The molecule has 1 saturated heterocycles. The molecule has 0 aromatic rings. The summed E-state index contributed by atoms with van der Waals surface area (Å²) in [5.41, 5.74) is 0. The Morgan fingerprint density at radius 2 is 2.33 bits per heavy atom. The second kappa shape index (κ2) is 5.55. The molecule has 1 fully saturated rings. The summed E-state index contributed by atoms with van der Waals surface area (Å²) in [7, 11) is 0. The van der Waals surface area contributed by atoms with Gasteiger partial charge in [0.15, 0.2) is 0 Å². The van der Waals surface area contributed by atoms with Crippen LogP contribution in [-0.2, 0) is 9.47 Å². The van der Waals surface area contributed by atoms with Crippen molar-refractivity contribution in [2.75, 3.05) is 19.8 Å². The smallest absolute Gasteiger partial charge is 0.0830 e. The molecule has 1 atom stereocenters. The van der Waals surface area contributed by atoms with Crippen LogP contribution < -0.4 is 0 Å². The van der Waals surface area contributed by atoms with Gasteiger partial charge in [0.1, 0.15) is 0 Å². The summed E-state index contributed by atoms with van der Waals surface area (Å²) in [6.45, 7) is 7.10. The Morgan fingerprint density at radius 1 is 1.50 bits per heavy atom. The van der Waals surface area contributed by atoms with Crippen molar-refractivity contribution in [1.29, 1.82) is 0 Å². The average molecular weight is 172 g/mol. The fourth-order valence-corrected chi connectivity index (χ4v) is 1.39. The van der Waals surface area contributed by atoms with E-state index in [4.69, 9.17) is 9.47 Å². The summed E-state index contributed by atoms with van der Waals surface area (Å²) >= 11 is 0. The van der Waals surface area contributed by atoms with Crippen LogP contribution in [0.25, 0.3) is 0 Å². The van der Waals surface area contributed by atoms with Crippen LogP contribution in [0.3, 0.4) is 0 Å². The van der Waals surface area contributed by atoms with E-state index >= 15 is 0 Å². The van der Waals surface area contributed by atoms with E-state index in [1.165, 1.54) is 12.8 Å². The Hall–Kier alpha value is -0.0800. The zero-order valence-corrected chi connectivity index (χ0v) is 8.21. The molecule has 12 heavy (non-hydrogen) atoms. The molecule has 0 aromatic heterocycles. The Labute approximate surface area is 75.2 Å². The average Bonchev–Trinajstić information content (AvgIpc) is 2.49. The predicted molar refractivity (Wildman–Crippen MR) is 49.2 cm³/mol. The number of hydrogen-bond acceptors (Lipinski definition) is 2. The normalized spacial score (nSPS) is 23.8. The maximum absolute atomic E-state index is 5.63. The molecular formula is C10H20O2. The minimum Gasteiger partial charge on any atom is -0.379 e. The lowest BCUT2D eigenvalue weighted by atomic mass is 10.1. The third kappa shape index (κ3) is 4.07. The molecule has 1 heterocycles. The zero-order chi connectivity index (χ0) is 8.81. The van der Waals surface area contributed by atoms with Gasteiger partial charge >= 0.3 is 0 Å². The predicted octanol–water partition coefficient (Wildman–Crippen LogP) is 2.23. The van der Waals surface area contributed by atoms with Crippen LogP contribution in [0.2, 0.25) is 0 Å². The third-order valence-corrected chi connectivity index (χ3v) is 2.17. The highest BCUT2D eigenvalue weighted by atomic mass is 16.5. The van der Waals surface area contributed by atoms with Crippen molar-refractivity contribution < 1.29 is 9.47 Å². The SMILES string of the molecule is CC(C)CCCOC1CCOC1. The highest BCUT2D eigenvalue weighted by Crippen LogP contribution is 2.10. The van der Waals surface area contributed by atoms with E-state index in [1.807, 2.05) is 0 Å². The summed E-state index contributed by atoms with van der Waals surface area (Å²) in [6, 6.07) is 0. The molecule has 0 radical (unpaired) electrons. The fraction of sp³-hybridized carbons (Fsp3) is 1.00. The van der Waals surface area contributed by atoms with Crippen molar-refractivity contribution in [3.05, 3.63) is 0 Å². The van der Waals surface area contributed by atoms with Crippen LogP contribution in [0.5, 0.6) is 0 Å². The lowest BCUT2D eigenvalue weighted by molar-refractivity contribution is 0.0396. The number of ether oxygens (including phenoxy) is 2. The molecule has 0 amide bonds. The molecule has 2 heteroatoms. The van der Waals surface area contributed by atoms with E-state index in [2.05, 4.69) is 13.8 Å². The van der Waals surface area contributed by atoms with Crippen LogP contribution in [0.4, 0.5) is 0 Å². The van der Waals surface area contributed by atoms with E-state index < -0.39 is 0 Å². The molecule has 1 aliphatic heterocycles. The molecule has 72 valence electrons. The van der Waals surface area contributed by atoms with Gasteiger partial charge in [0.25, 0.3) is 0 Å². The van der Waals surface area contributed by atoms with Gasteiger partial charge in [-0.25, -0.2) is 0 Å². The van der Waals surface area contributed by atoms with Gasteiger partial charge in [0.2, 0.25) is 0 Å². The van der Waals surface area contributed by atoms with Crippen molar-refractivity contribution in [1.82, 2.24) is 0 Å². The summed E-state index contributed by atoms with van der Waals surface area (Å²) in [4.78, 5) is 0. The molecular weight excluding hydrogens is 152 g/mol. The van der Waals surface area contributed by atoms with Gasteiger partial charge in [0, 0.05) is 13.2 Å². The first-order chi connectivity index (χ1) is 5.79. The summed E-state index contributed by atoms with van der Waals surface area (Å²) in [5, 5.41) is 0. The Morgan fingerprint density at radius 3 is 2.92 bits per heavy atom. The van der Waals surface area contributed by atoms with Gasteiger partial charge in [-0.1, -0.05) is 13.8 Å². The highest BCUT2D eigenvalue weighted by Gasteiger charge is 2.15. The fourth-order valence-electron chi connectivity index (χ4n) is 1.39. The molecule has 0 bridgehead atoms. The van der Waals surface area contributed by atoms with E-state index in [0.29, 0.717) is 6.10 Å². The van der Waals surface area contributed by atoms with Crippen LogP contribution >= 0.6 is 0 Å². The van der Waals surface area contributed by atoms with E-state index in [0.717, 1.165) is 32.2 Å². The summed E-state index contributed by atoms with van der Waals surface area (Å²) in [5.74, 6) is 0.799. The lowest BCUT2D eigenvalue weighted by Crippen LogP contribution is -2.13. The van der Waals surface area contributed by atoms with Crippen molar-refractivity contribution in [3.63, 3.8) is 0 Å². The number of hydrogen-bond donors (Lipinski definition) is 0. The van der Waals surface area contributed by atoms with Crippen LogP contribution in [0.1, 0.15) is 33.1 Å². The molecule has 1 aliphatic rings. The van der Waals surface area contributed by atoms with E-state index in [9.17, 15) is 0 Å². The molecule has 1 unspecified atom stereocenters. The van der Waals surface area contributed by atoms with Crippen molar-refractivity contribution in [3.8, 4) is 0 Å². The molecule has 0 saturated carbocycles. The Bertz CT molecular complexity index is 106. The van der Waals surface area contributed by atoms with Gasteiger partial charge in [-0.15, -0.1) is 0 Å². The first-order valence-electron chi connectivity index (χ1n) is 4.98. The minimum absolute atomic E-state index is 0.386. The van der Waals surface area contributed by atoms with Gasteiger partial charge in [-0.2, -0.15) is 0 Å². The molecule has 0 spiro atoms. The molecule has 2 nitrogen and oxygen atoms in total. The Kier molecular flexibility index (Phi) is 4.62. The first kappa shape index (κ1) is 10.0. The lowest BCUT2D eigenvalue weighted by Gasteiger charge is -2.10. The van der Waals surface area contributed by atoms with Crippen molar-refractivity contribution >= 4 is 0 Å². The van der Waals surface area contributed by atoms with Gasteiger partial charge in [-0.05, 0) is 25.2 Å². The molecule has 0 aromatic carbocycles. The second-order valence-corrected chi connectivity index (χ2v) is 3.89. The zero-order valence-electron chi connectivity index (χ0n) is 8.21. The van der Waals surface area contributed by atoms with Crippen molar-refractivity contribution in [2.45, 2.75) is 39.2 Å². The third-order valence-electron chi connectivity index (χ3n) is 2.17.